The Bertz CT molecular complexity index is 362. The summed E-state index contributed by atoms with van der Waals surface area (Å²) < 4.78 is 13.3. The maximum atomic E-state index is 13.3. The SMILES string of the molecule is O[C@@H]1C=C(c2cccnc2F)CCC1. The molecule has 0 fully saturated rings. The van der Waals surface area contributed by atoms with Crippen LogP contribution in [0, 0.1) is 5.95 Å². The molecule has 2 nitrogen and oxygen atoms in total. The van der Waals surface area contributed by atoms with Gasteiger partial charge >= 0.3 is 0 Å². The minimum Gasteiger partial charge on any atom is -0.389 e. The largest absolute Gasteiger partial charge is 0.389 e. The number of aliphatic hydroxyl groups is 1. The predicted molar refractivity (Wildman–Crippen MR) is 52.0 cm³/mol. The quantitative estimate of drug-likeness (QED) is 0.693. The number of rotatable bonds is 1. The molecule has 0 saturated heterocycles. The molecular formula is C11H12FNO. The molecule has 2 rings (SSSR count). The first kappa shape index (κ1) is 9.34. The molecule has 3 heteroatoms. The third kappa shape index (κ3) is 1.82. The van der Waals surface area contributed by atoms with Gasteiger partial charge in [-0.3, -0.25) is 0 Å². The highest BCUT2D eigenvalue weighted by molar-refractivity contribution is 5.66. The lowest BCUT2D eigenvalue weighted by molar-refractivity contribution is 0.206. The van der Waals surface area contributed by atoms with E-state index in [1.165, 1.54) is 6.20 Å². The Balaban J connectivity index is 2.35. The highest BCUT2D eigenvalue weighted by Gasteiger charge is 2.14. The highest BCUT2D eigenvalue weighted by atomic mass is 19.1. The van der Waals surface area contributed by atoms with Crippen LogP contribution in [0.5, 0.6) is 0 Å². The fraction of sp³-hybridized carbons (Fsp3) is 0.364. The van der Waals surface area contributed by atoms with Crippen molar-refractivity contribution in [2.45, 2.75) is 25.4 Å². The van der Waals surface area contributed by atoms with Crippen LogP contribution in [0.25, 0.3) is 5.57 Å². The Morgan fingerprint density at radius 3 is 3.07 bits per heavy atom. The van der Waals surface area contributed by atoms with E-state index in [1.54, 1.807) is 18.2 Å². The molecule has 1 aromatic heterocycles. The summed E-state index contributed by atoms with van der Waals surface area (Å²) in [7, 11) is 0. The zero-order valence-electron chi connectivity index (χ0n) is 7.78. The molecule has 1 heterocycles. The highest BCUT2D eigenvalue weighted by Crippen LogP contribution is 2.27. The van der Waals surface area contributed by atoms with Crippen LogP contribution >= 0.6 is 0 Å². The van der Waals surface area contributed by atoms with Gasteiger partial charge in [0, 0.05) is 11.8 Å². The van der Waals surface area contributed by atoms with E-state index in [1.807, 2.05) is 0 Å². The molecule has 1 aromatic rings. The van der Waals surface area contributed by atoms with Crippen molar-refractivity contribution in [3.05, 3.63) is 35.9 Å². The van der Waals surface area contributed by atoms with Crippen LogP contribution in [0.15, 0.2) is 24.4 Å². The third-order valence-electron chi connectivity index (χ3n) is 2.44. The van der Waals surface area contributed by atoms with Gasteiger partial charge in [-0.05, 0) is 37.0 Å². The van der Waals surface area contributed by atoms with Crippen LogP contribution in [-0.2, 0) is 0 Å². The Morgan fingerprint density at radius 2 is 2.36 bits per heavy atom. The van der Waals surface area contributed by atoms with Crippen LogP contribution in [0.2, 0.25) is 0 Å². The van der Waals surface area contributed by atoms with E-state index in [0.29, 0.717) is 5.56 Å². The van der Waals surface area contributed by atoms with Gasteiger partial charge < -0.3 is 5.11 Å². The van der Waals surface area contributed by atoms with Crippen molar-refractivity contribution in [2.24, 2.45) is 0 Å². The predicted octanol–water partition coefficient (Wildman–Crippen LogP) is 2.15. The van der Waals surface area contributed by atoms with E-state index in [2.05, 4.69) is 4.98 Å². The second-order valence-corrected chi connectivity index (χ2v) is 3.49. The van der Waals surface area contributed by atoms with Crippen LogP contribution < -0.4 is 0 Å². The normalized spacial score (nSPS) is 21.9. The molecular weight excluding hydrogens is 181 g/mol. The minimum atomic E-state index is -0.451. The van der Waals surface area contributed by atoms with Gasteiger partial charge in [0.1, 0.15) is 0 Å². The first-order valence-electron chi connectivity index (χ1n) is 4.77. The fourth-order valence-corrected chi connectivity index (χ4v) is 1.75. The molecule has 14 heavy (non-hydrogen) atoms. The van der Waals surface area contributed by atoms with Crippen molar-refractivity contribution in [3.63, 3.8) is 0 Å². The first-order valence-corrected chi connectivity index (χ1v) is 4.77. The second-order valence-electron chi connectivity index (χ2n) is 3.49. The Hall–Kier alpha value is -1.22. The molecule has 1 N–H and O–H groups in total. The van der Waals surface area contributed by atoms with E-state index in [0.717, 1.165) is 24.8 Å². The average Bonchev–Trinajstić information content (AvgIpc) is 2.18. The summed E-state index contributed by atoms with van der Waals surface area (Å²) in [5.74, 6) is -0.451. The molecule has 0 aromatic carbocycles. The van der Waals surface area contributed by atoms with Crippen molar-refractivity contribution >= 4 is 5.57 Å². The molecule has 0 saturated carbocycles. The molecule has 0 unspecified atom stereocenters. The lowest BCUT2D eigenvalue weighted by atomic mass is 9.93. The summed E-state index contributed by atoms with van der Waals surface area (Å²) >= 11 is 0. The van der Waals surface area contributed by atoms with E-state index in [-0.39, 0.29) is 0 Å². The molecule has 0 aliphatic heterocycles. The lowest BCUT2D eigenvalue weighted by Gasteiger charge is -2.17. The van der Waals surface area contributed by atoms with Crippen LogP contribution in [-0.4, -0.2) is 16.2 Å². The van der Waals surface area contributed by atoms with E-state index in [4.69, 9.17) is 0 Å². The van der Waals surface area contributed by atoms with Crippen LogP contribution in [0.3, 0.4) is 0 Å². The molecule has 0 amide bonds. The number of aromatic nitrogens is 1. The maximum absolute atomic E-state index is 13.3. The van der Waals surface area contributed by atoms with Gasteiger partial charge in [-0.2, -0.15) is 4.39 Å². The summed E-state index contributed by atoms with van der Waals surface area (Å²) in [5.41, 5.74) is 1.39. The van der Waals surface area contributed by atoms with Gasteiger partial charge in [0.05, 0.1) is 6.10 Å². The summed E-state index contributed by atoms with van der Waals surface area (Å²) in [6, 6.07) is 3.41. The monoisotopic (exact) mass is 193 g/mol. The number of halogens is 1. The smallest absolute Gasteiger partial charge is 0.220 e. The van der Waals surface area contributed by atoms with E-state index < -0.39 is 12.1 Å². The lowest BCUT2D eigenvalue weighted by Crippen LogP contribution is -2.09. The van der Waals surface area contributed by atoms with E-state index in [9.17, 15) is 9.50 Å². The van der Waals surface area contributed by atoms with Crippen LogP contribution in [0.4, 0.5) is 4.39 Å². The molecule has 1 aliphatic rings. The number of pyridine rings is 1. The standard InChI is InChI=1S/C11H12FNO/c12-11-10(5-2-6-13-11)8-3-1-4-9(14)7-8/h2,5-7,9,14H,1,3-4H2/t9-/m0/s1. The Kier molecular flexibility index (Phi) is 2.59. The van der Waals surface area contributed by atoms with Crippen molar-refractivity contribution in [3.8, 4) is 0 Å². The van der Waals surface area contributed by atoms with E-state index >= 15 is 0 Å². The Morgan fingerprint density at radius 1 is 1.50 bits per heavy atom. The van der Waals surface area contributed by atoms with Crippen molar-refractivity contribution < 1.29 is 9.50 Å². The van der Waals surface area contributed by atoms with Gasteiger partial charge in [0.15, 0.2) is 0 Å². The summed E-state index contributed by atoms with van der Waals surface area (Å²) in [6.45, 7) is 0. The van der Waals surface area contributed by atoms with Crippen LogP contribution in [0.1, 0.15) is 24.8 Å². The van der Waals surface area contributed by atoms with Gasteiger partial charge in [-0.15, -0.1) is 0 Å². The summed E-state index contributed by atoms with van der Waals surface area (Å²) in [6.07, 6.45) is 5.22. The average molecular weight is 193 g/mol. The van der Waals surface area contributed by atoms with Gasteiger partial charge in [0.2, 0.25) is 5.95 Å². The molecule has 1 atom stereocenters. The third-order valence-corrected chi connectivity index (χ3v) is 2.44. The van der Waals surface area contributed by atoms with Crippen molar-refractivity contribution in [2.75, 3.05) is 0 Å². The number of hydrogen-bond acceptors (Lipinski definition) is 2. The fourth-order valence-electron chi connectivity index (χ4n) is 1.75. The number of hydrogen-bond donors (Lipinski definition) is 1. The molecule has 0 radical (unpaired) electrons. The van der Waals surface area contributed by atoms with Crippen molar-refractivity contribution in [1.82, 2.24) is 4.98 Å². The molecule has 74 valence electrons. The zero-order valence-corrected chi connectivity index (χ0v) is 7.78. The summed E-state index contributed by atoms with van der Waals surface area (Å²) in [5, 5.41) is 9.41. The van der Waals surface area contributed by atoms with Gasteiger partial charge in [0.25, 0.3) is 0 Å². The maximum Gasteiger partial charge on any atom is 0.220 e. The zero-order chi connectivity index (χ0) is 9.97. The molecule has 0 spiro atoms. The summed E-state index contributed by atoms with van der Waals surface area (Å²) in [4.78, 5) is 3.59. The number of nitrogens with zero attached hydrogens (tertiary/aromatic N) is 1. The first-order chi connectivity index (χ1) is 6.77. The molecule has 1 aliphatic carbocycles. The Labute approximate surface area is 82.1 Å². The molecule has 0 bridgehead atoms. The van der Waals surface area contributed by atoms with Gasteiger partial charge in [-0.1, -0.05) is 6.08 Å². The second kappa shape index (κ2) is 3.88. The topological polar surface area (TPSA) is 33.1 Å². The van der Waals surface area contributed by atoms with Crippen molar-refractivity contribution in [1.29, 1.82) is 0 Å². The number of aliphatic hydroxyl groups excluding tert-OH is 1. The minimum absolute atomic E-state index is 0.432. The van der Waals surface area contributed by atoms with Gasteiger partial charge in [-0.25, -0.2) is 4.98 Å². The number of allylic oxidation sites excluding steroid dienone is 1.